The highest BCUT2D eigenvalue weighted by molar-refractivity contribution is 6.34. The van der Waals surface area contributed by atoms with E-state index < -0.39 is 10.9 Å². The van der Waals surface area contributed by atoms with E-state index in [4.69, 9.17) is 11.6 Å². The summed E-state index contributed by atoms with van der Waals surface area (Å²) in [6, 6.07) is 7.20. The first-order valence-corrected chi connectivity index (χ1v) is 6.18. The van der Waals surface area contributed by atoms with Gasteiger partial charge >= 0.3 is 0 Å². The molecule has 1 N–H and O–H groups in total. The van der Waals surface area contributed by atoms with E-state index in [0.717, 1.165) is 0 Å². The third-order valence-corrected chi connectivity index (χ3v) is 3.26. The van der Waals surface area contributed by atoms with Gasteiger partial charge in [-0.1, -0.05) is 12.1 Å². The molecular formula is C13H15ClN2O2. The van der Waals surface area contributed by atoms with Gasteiger partial charge in [0.1, 0.15) is 10.9 Å². The fraction of sp³-hybridized carbons (Fsp3) is 0.385. The Bertz CT molecular complexity index is 511. The molecule has 0 bridgehead atoms. The number of hydrogen-bond acceptors (Lipinski definition) is 2. The van der Waals surface area contributed by atoms with Crippen molar-refractivity contribution >= 4 is 34.8 Å². The van der Waals surface area contributed by atoms with Crippen molar-refractivity contribution in [2.45, 2.75) is 31.7 Å². The molecule has 18 heavy (non-hydrogen) atoms. The zero-order valence-corrected chi connectivity index (χ0v) is 11.3. The second-order valence-corrected chi connectivity index (χ2v) is 5.47. The van der Waals surface area contributed by atoms with Crippen LogP contribution in [-0.4, -0.2) is 22.7 Å². The van der Waals surface area contributed by atoms with Crippen LogP contribution in [0.4, 0.5) is 11.4 Å². The third kappa shape index (κ3) is 1.86. The van der Waals surface area contributed by atoms with Gasteiger partial charge in [0.2, 0.25) is 11.8 Å². The van der Waals surface area contributed by atoms with Gasteiger partial charge in [-0.3, -0.25) is 14.5 Å². The lowest BCUT2D eigenvalue weighted by molar-refractivity contribution is -0.126. The molecule has 2 rings (SSSR count). The maximum atomic E-state index is 12.2. The molecule has 1 unspecified atom stereocenters. The first-order chi connectivity index (χ1) is 8.35. The summed E-state index contributed by atoms with van der Waals surface area (Å²) in [7, 11) is 0. The van der Waals surface area contributed by atoms with Crippen molar-refractivity contribution in [1.29, 1.82) is 0 Å². The number of hydrogen-bond donors (Lipinski definition) is 1. The molecule has 0 radical (unpaired) electrons. The molecule has 1 aromatic carbocycles. The second-order valence-electron chi connectivity index (χ2n) is 4.82. The van der Waals surface area contributed by atoms with E-state index >= 15 is 0 Å². The first-order valence-electron chi connectivity index (χ1n) is 5.74. The normalized spacial score (nSPS) is 18.9. The highest BCUT2D eigenvalue weighted by Crippen LogP contribution is 2.37. The molecule has 96 valence electrons. The third-order valence-electron chi connectivity index (χ3n) is 3.07. The zero-order valence-electron chi connectivity index (χ0n) is 10.5. The smallest absolute Gasteiger partial charge is 0.250 e. The number of alkyl halides is 1. The largest absolute Gasteiger partial charge is 0.322 e. The van der Waals surface area contributed by atoms with Crippen LogP contribution in [0.5, 0.6) is 0 Å². The molecule has 1 heterocycles. The van der Waals surface area contributed by atoms with Gasteiger partial charge in [0.25, 0.3) is 0 Å². The van der Waals surface area contributed by atoms with E-state index in [2.05, 4.69) is 5.32 Å². The van der Waals surface area contributed by atoms with Crippen LogP contribution < -0.4 is 10.2 Å². The maximum absolute atomic E-state index is 12.2. The molecule has 0 aliphatic carbocycles. The topological polar surface area (TPSA) is 49.4 Å². The summed E-state index contributed by atoms with van der Waals surface area (Å²) in [5, 5.41) is 2.12. The SMILES string of the molecule is CC(Cl)C(=O)N1c2ccccc2NC(=O)C1(C)C. The van der Waals surface area contributed by atoms with Crippen LogP contribution in [-0.2, 0) is 9.59 Å². The Hall–Kier alpha value is -1.55. The number of rotatable bonds is 1. The number of amides is 2. The van der Waals surface area contributed by atoms with E-state index in [1.54, 1.807) is 32.9 Å². The van der Waals surface area contributed by atoms with Crippen LogP contribution in [0, 0.1) is 0 Å². The molecule has 4 nitrogen and oxygen atoms in total. The molecule has 0 fully saturated rings. The van der Waals surface area contributed by atoms with Gasteiger partial charge in [0.05, 0.1) is 11.4 Å². The molecule has 1 aliphatic heterocycles. The highest BCUT2D eigenvalue weighted by atomic mass is 35.5. The van der Waals surface area contributed by atoms with E-state index in [9.17, 15) is 9.59 Å². The summed E-state index contributed by atoms with van der Waals surface area (Å²) < 4.78 is 0. The van der Waals surface area contributed by atoms with Crippen LogP contribution in [0.15, 0.2) is 24.3 Å². The van der Waals surface area contributed by atoms with Gasteiger partial charge < -0.3 is 5.32 Å². The average Bonchev–Trinajstić information content (AvgIpc) is 2.29. The van der Waals surface area contributed by atoms with Gasteiger partial charge in [0.15, 0.2) is 0 Å². The van der Waals surface area contributed by atoms with Crippen LogP contribution in [0.2, 0.25) is 0 Å². The second kappa shape index (κ2) is 4.28. The van der Waals surface area contributed by atoms with E-state index in [0.29, 0.717) is 11.4 Å². The Morgan fingerprint density at radius 3 is 2.61 bits per heavy atom. The van der Waals surface area contributed by atoms with E-state index in [-0.39, 0.29) is 11.8 Å². The lowest BCUT2D eigenvalue weighted by atomic mass is 9.96. The molecule has 1 atom stereocenters. The Morgan fingerprint density at radius 1 is 1.39 bits per heavy atom. The molecule has 0 saturated heterocycles. The summed E-state index contributed by atoms with van der Waals surface area (Å²) in [6.45, 7) is 5.01. The standard InChI is InChI=1S/C13H15ClN2O2/c1-8(14)11(17)16-10-7-5-4-6-9(10)15-12(18)13(16,2)3/h4-8H,1-3H3,(H,15,18). The number of halogens is 1. The summed E-state index contributed by atoms with van der Waals surface area (Å²) in [4.78, 5) is 25.8. The number of para-hydroxylation sites is 2. The van der Waals surface area contributed by atoms with Crippen molar-refractivity contribution in [3.05, 3.63) is 24.3 Å². The van der Waals surface area contributed by atoms with Crippen molar-refractivity contribution in [2.75, 3.05) is 10.2 Å². The number of benzene rings is 1. The lowest BCUT2D eigenvalue weighted by Gasteiger charge is -2.42. The number of fused-ring (bicyclic) bond motifs is 1. The van der Waals surface area contributed by atoms with Gasteiger partial charge in [-0.15, -0.1) is 11.6 Å². The molecule has 0 saturated carbocycles. The predicted molar refractivity (Wildman–Crippen MR) is 72.0 cm³/mol. The minimum absolute atomic E-state index is 0.216. The molecule has 0 spiro atoms. The summed E-state index contributed by atoms with van der Waals surface area (Å²) in [5.41, 5.74) is 0.362. The Kier molecular flexibility index (Phi) is 3.07. The van der Waals surface area contributed by atoms with Crippen LogP contribution in [0.25, 0.3) is 0 Å². The fourth-order valence-electron chi connectivity index (χ4n) is 2.02. The monoisotopic (exact) mass is 266 g/mol. The summed E-state index contributed by atoms with van der Waals surface area (Å²) in [5.74, 6) is -0.490. The van der Waals surface area contributed by atoms with Crippen molar-refractivity contribution in [3.8, 4) is 0 Å². The Morgan fingerprint density at radius 2 is 2.00 bits per heavy atom. The highest BCUT2D eigenvalue weighted by Gasteiger charge is 2.44. The van der Waals surface area contributed by atoms with Crippen molar-refractivity contribution < 1.29 is 9.59 Å². The van der Waals surface area contributed by atoms with Crippen molar-refractivity contribution in [2.24, 2.45) is 0 Å². The van der Waals surface area contributed by atoms with Crippen LogP contribution in [0.1, 0.15) is 20.8 Å². The maximum Gasteiger partial charge on any atom is 0.250 e. The quantitative estimate of drug-likeness (QED) is 0.794. The van der Waals surface area contributed by atoms with Gasteiger partial charge in [-0.05, 0) is 32.9 Å². The van der Waals surface area contributed by atoms with Gasteiger partial charge in [-0.2, -0.15) is 0 Å². The molecule has 1 aliphatic rings. The van der Waals surface area contributed by atoms with Gasteiger partial charge in [-0.25, -0.2) is 0 Å². The first kappa shape index (κ1) is 12.9. The number of carbonyl (C=O) groups is 2. The molecule has 2 amide bonds. The molecule has 0 aromatic heterocycles. The summed E-state index contributed by atoms with van der Waals surface area (Å²) in [6.07, 6.45) is 0. The van der Waals surface area contributed by atoms with E-state index in [1.807, 2.05) is 12.1 Å². The number of anilines is 2. The van der Waals surface area contributed by atoms with Crippen molar-refractivity contribution in [1.82, 2.24) is 0 Å². The van der Waals surface area contributed by atoms with Crippen LogP contribution >= 0.6 is 11.6 Å². The van der Waals surface area contributed by atoms with Crippen LogP contribution in [0.3, 0.4) is 0 Å². The average molecular weight is 267 g/mol. The number of carbonyl (C=O) groups excluding carboxylic acids is 2. The zero-order chi connectivity index (χ0) is 13.5. The number of nitrogens with one attached hydrogen (secondary N) is 1. The van der Waals surface area contributed by atoms with Gasteiger partial charge in [0, 0.05) is 0 Å². The summed E-state index contributed by atoms with van der Waals surface area (Å²) >= 11 is 5.88. The fourth-order valence-corrected chi connectivity index (χ4v) is 2.12. The van der Waals surface area contributed by atoms with Crippen molar-refractivity contribution in [3.63, 3.8) is 0 Å². The number of nitrogens with zero attached hydrogens (tertiary/aromatic N) is 1. The lowest BCUT2D eigenvalue weighted by Crippen LogP contribution is -2.59. The Labute approximate surface area is 111 Å². The van der Waals surface area contributed by atoms with E-state index in [1.165, 1.54) is 4.90 Å². The molecule has 1 aromatic rings. The minimum Gasteiger partial charge on any atom is -0.322 e. The molecular weight excluding hydrogens is 252 g/mol. The predicted octanol–water partition coefficient (Wildman–Crippen LogP) is 2.38. The Balaban J connectivity index is 2.59. The molecule has 5 heteroatoms. The minimum atomic E-state index is -0.950.